The number of cyclic esters (lactones) is 1. The number of methoxy groups -OCH3 is 1. The van der Waals surface area contributed by atoms with Gasteiger partial charge in [-0.2, -0.15) is 0 Å². The van der Waals surface area contributed by atoms with Crippen LogP contribution in [0, 0.1) is 29.1 Å². The molecule has 3 aliphatic carbocycles. The third-order valence-corrected chi connectivity index (χ3v) is 18.1. The molecule has 5 saturated heterocycles. The number of amides is 2. The fourth-order valence-corrected chi connectivity index (χ4v) is 13.5. The number of aromatic nitrogens is 3. The number of pyridine rings is 1. The van der Waals surface area contributed by atoms with E-state index in [1.54, 1.807) is 18.4 Å². The van der Waals surface area contributed by atoms with Gasteiger partial charge in [-0.1, -0.05) is 20.8 Å². The minimum atomic E-state index is -1.19. The van der Waals surface area contributed by atoms with Crippen molar-refractivity contribution in [1.82, 2.24) is 35.2 Å². The van der Waals surface area contributed by atoms with E-state index in [4.69, 9.17) is 42.8 Å². The number of anilines is 1. The smallest absolute Gasteiger partial charge is 0.325 e. The van der Waals surface area contributed by atoms with E-state index in [0.29, 0.717) is 63.8 Å². The van der Waals surface area contributed by atoms with E-state index in [9.17, 15) is 9.59 Å². The molecule has 1 aromatic carbocycles. The first-order valence-electron chi connectivity index (χ1n) is 28.5. The van der Waals surface area contributed by atoms with Crippen molar-refractivity contribution in [2.45, 2.75) is 148 Å². The Morgan fingerprint density at radius 3 is 2.54 bits per heavy atom. The van der Waals surface area contributed by atoms with Crippen molar-refractivity contribution in [2.24, 2.45) is 29.1 Å². The van der Waals surface area contributed by atoms with Gasteiger partial charge >= 0.3 is 5.97 Å². The number of benzene rings is 1. The quantitative estimate of drug-likeness (QED) is 0.126. The monoisotopic (exact) mass is 1050 g/mol. The zero-order valence-electron chi connectivity index (χ0n) is 45.3. The first-order valence-corrected chi connectivity index (χ1v) is 28.5. The van der Waals surface area contributed by atoms with Gasteiger partial charge in [-0.25, -0.2) is 10.4 Å². The number of nitrogens with zero attached hydrogens (tertiary/aromatic N) is 6. The van der Waals surface area contributed by atoms with Gasteiger partial charge in [0.05, 0.1) is 54.8 Å². The molecule has 8 atom stereocenters. The molecule has 6 aliphatic heterocycles. The Labute approximate surface area is 446 Å². The Kier molecular flexibility index (Phi) is 14.6. The average molecular weight is 1050 g/mol. The highest BCUT2D eigenvalue weighted by Gasteiger charge is 2.58. The molecule has 8 fully saturated rings. The second-order valence-corrected chi connectivity index (χ2v) is 23.8. The largest absolute Gasteiger partial charge is 0.464 e. The van der Waals surface area contributed by atoms with E-state index in [1.165, 1.54) is 12.8 Å². The Bertz CT molecular complexity index is 2770. The van der Waals surface area contributed by atoms with Gasteiger partial charge in [0.15, 0.2) is 0 Å². The number of oxazole rings is 1. The summed E-state index contributed by atoms with van der Waals surface area (Å²) in [6.07, 6.45) is 10.3. The molecule has 9 heterocycles. The zero-order valence-corrected chi connectivity index (χ0v) is 45.3. The number of carbonyl (C=O) groups is 3. The lowest BCUT2D eigenvalue weighted by atomic mass is 9.73. The summed E-state index contributed by atoms with van der Waals surface area (Å²) in [4.78, 5) is 59.6. The van der Waals surface area contributed by atoms with E-state index in [0.717, 1.165) is 103 Å². The third kappa shape index (κ3) is 10.1. The second kappa shape index (κ2) is 21.4. The highest BCUT2D eigenvalue weighted by atomic mass is 16.5. The van der Waals surface area contributed by atoms with Gasteiger partial charge in [-0.3, -0.25) is 29.3 Å². The highest BCUT2D eigenvalue weighted by molar-refractivity contribution is 5.95. The lowest BCUT2D eigenvalue weighted by Crippen LogP contribution is -2.72. The normalized spacial score (nSPS) is 30.5. The molecule has 2 amide bonds. The topological polar surface area (TPSA) is 184 Å². The number of hydrogen-bond acceptors (Lipinski definition) is 15. The van der Waals surface area contributed by atoms with Crippen LogP contribution in [0.4, 0.5) is 5.69 Å². The van der Waals surface area contributed by atoms with Crippen LogP contribution in [0.5, 0.6) is 0 Å². The molecule has 13 rings (SSSR count). The standard InChI is InChI=1S/C58H78N8O10/c1-7-72-53-44-31-75-55(60-44)35-10-13-45-41(27-35)43(29-58(4,5)32-76-57(69)50-36-25-38(26-36)66(62-50)56(68)51(53)61-54(67)48-33(2)47(48)46-9-8-21-74-46)52(65(45)20-24-73-40-14-22-71-23-15-40)42-28-39(30-59-49(42)34(3)70-6)64-18-16-63(17-19-64)37-11-12-37/h10,13,27-28,30-31,33-34,36-38,40,46-48,50-51,53,62H,7-9,11-12,14-26,29,32H2,1-6H3,(H,61,67)/t33-,34-,36?,38?,46+,47-,48+,50-,51-,53+/m0/s1. The first kappa shape index (κ1) is 51.8. The molecule has 0 unspecified atom stereocenters. The predicted octanol–water partition coefficient (Wildman–Crippen LogP) is 6.79. The molecule has 8 bridgehead atoms. The zero-order chi connectivity index (χ0) is 52.4. The van der Waals surface area contributed by atoms with Crippen LogP contribution in [-0.2, 0) is 55.8 Å². The maximum absolute atomic E-state index is 15.2. The van der Waals surface area contributed by atoms with Crippen molar-refractivity contribution in [3.63, 3.8) is 0 Å². The molecule has 18 heteroatoms. The number of piperazine rings is 1. The maximum atomic E-state index is 15.2. The van der Waals surface area contributed by atoms with E-state index in [-0.39, 0.29) is 67.1 Å². The predicted molar refractivity (Wildman–Crippen MR) is 283 cm³/mol. The lowest BCUT2D eigenvalue weighted by molar-refractivity contribution is -0.173. The molecule has 18 nitrogen and oxygen atoms in total. The summed E-state index contributed by atoms with van der Waals surface area (Å²) in [6, 6.07) is 7.23. The molecule has 3 aromatic heterocycles. The van der Waals surface area contributed by atoms with Gasteiger partial charge in [-0.15, -0.1) is 0 Å². The molecule has 9 aliphatic rings. The van der Waals surface area contributed by atoms with Crippen molar-refractivity contribution in [2.75, 3.05) is 77.8 Å². The van der Waals surface area contributed by atoms with Crippen LogP contribution >= 0.6 is 0 Å². The lowest BCUT2D eigenvalue weighted by Gasteiger charge is -2.53. The van der Waals surface area contributed by atoms with Crippen LogP contribution in [0.2, 0.25) is 0 Å². The number of esters is 1. The summed E-state index contributed by atoms with van der Waals surface area (Å²) < 4.78 is 46.2. The minimum Gasteiger partial charge on any atom is -0.464 e. The minimum absolute atomic E-state index is 0.00687. The van der Waals surface area contributed by atoms with Crippen molar-refractivity contribution in [3.8, 4) is 22.7 Å². The summed E-state index contributed by atoms with van der Waals surface area (Å²) in [7, 11) is 1.73. The number of rotatable bonds is 14. The summed E-state index contributed by atoms with van der Waals surface area (Å²) in [6.45, 7) is 17.6. The van der Waals surface area contributed by atoms with Crippen LogP contribution in [0.25, 0.3) is 33.6 Å². The average Bonchev–Trinajstić information content (AvgIpc) is 4.20. The Hall–Kier alpha value is -4.95. The van der Waals surface area contributed by atoms with E-state index in [2.05, 4.69) is 71.0 Å². The number of hydrazine groups is 1. The Morgan fingerprint density at radius 2 is 1.80 bits per heavy atom. The molecule has 0 radical (unpaired) electrons. The van der Waals surface area contributed by atoms with Gasteiger partial charge in [0.25, 0.3) is 5.91 Å². The molecule has 0 spiro atoms. The van der Waals surface area contributed by atoms with Gasteiger partial charge in [0.2, 0.25) is 11.8 Å². The van der Waals surface area contributed by atoms with E-state index >= 15 is 4.79 Å². The number of ether oxygens (including phenoxy) is 6. The summed E-state index contributed by atoms with van der Waals surface area (Å²) in [5.74, 6) is -0.823. The highest BCUT2D eigenvalue weighted by Crippen LogP contribution is 2.52. The molecule has 76 heavy (non-hydrogen) atoms. The summed E-state index contributed by atoms with van der Waals surface area (Å²) in [5, 5.41) is 5.72. The van der Waals surface area contributed by atoms with E-state index < -0.39 is 35.5 Å². The van der Waals surface area contributed by atoms with Crippen LogP contribution in [0.15, 0.2) is 41.1 Å². The Morgan fingerprint density at radius 1 is 1.00 bits per heavy atom. The first-order chi connectivity index (χ1) is 36.9. The summed E-state index contributed by atoms with van der Waals surface area (Å²) >= 11 is 0. The third-order valence-electron chi connectivity index (χ3n) is 18.1. The molecule has 2 N–H and O–H groups in total. The van der Waals surface area contributed by atoms with Crippen LogP contribution < -0.4 is 15.6 Å². The van der Waals surface area contributed by atoms with E-state index in [1.807, 2.05) is 19.2 Å². The van der Waals surface area contributed by atoms with Gasteiger partial charge < -0.3 is 47.6 Å². The number of carbonyl (C=O) groups excluding carboxylic acids is 3. The van der Waals surface area contributed by atoms with Gasteiger partial charge in [-0.05, 0) is 113 Å². The van der Waals surface area contributed by atoms with Crippen molar-refractivity contribution < 1.29 is 47.2 Å². The molecular formula is C58H78N8O10. The summed E-state index contributed by atoms with van der Waals surface area (Å²) in [5.41, 5.74) is 9.80. The fraction of sp³-hybridized carbons (Fsp3) is 0.672. The second-order valence-electron chi connectivity index (χ2n) is 23.8. The van der Waals surface area contributed by atoms with Crippen LogP contribution in [0.1, 0.15) is 115 Å². The molecule has 3 saturated carbocycles. The van der Waals surface area contributed by atoms with Crippen molar-refractivity contribution in [3.05, 3.63) is 53.7 Å². The molecule has 410 valence electrons. The number of fused-ring (bicyclic) bond motifs is 4. The van der Waals surface area contributed by atoms with Crippen molar-refractivity contribution >= 4 is 34.4 Å². The van der Waals surface area contributed by atoms with Gasteiger partial charge in [0.1, 0.15) is 30.1 Å². The maximum Gasteiger partial charge on any atom is 0.325 e. The van der Waals surface area contributed by atoms with Crippen molar-refractivity contribution in [1.29, 1.82) is 0 Å². The SMILES string of the molecule is CCO[C@@H]1c2coc(n2)-c2ccc3c(c2)c(c(-c2cc(N4CCN(C5CC5)CC4)cnc2[C@H](C)OC)n3CCOC2CCOCC2)CC(C)(C)COC(=O)[C@H]2NN(C(=O)[C@H]1NC(=O)[C@@H]1[C@@H](C)[C@H]1[C@H]1CCCO1)C1CC2C1. The Balaban J connectivity index is 0.978. The number of hydrogen-bond donors (Lipinski definition) is 2. The van der Waals surface area contributed by atoms with Gasteiger partial charge in [0, 0.05) is 118 Å². The fourth-order valence-electron chi connectivity index (χ4n) is 13.5. The number of nitrogens with one attached hydrogen (secondary N) is 2. The van der Waals surface area contributed by atoms with Crippen LogP contribution in [0.3, 0.4) is 0 Å². The van der Waals surface area contributed by atoms with Crippen LogP contribution in [-0.4, -0.2) is 152 Å². The molecule has 4 aromatic rings. The molecular weight excluding hydrogens is 969 g/mol.